The third-order valence-electron chi connectivity index (χ3n) is 8.07. The lowest BCUT2D eigenvalue weighted by atomic mass is 9.83. The van der Waals surface area contributed by atoms with Gasteiger partial charge in [0.15, 0.2) is 0 Å². The second-order valence-corrected chi connectivity index (χ2v) is 11.8. The maximum absolute atomic E-state index is 12.8. The number of anilines is 2. The van der Waals surface area contributed by atoms with Crippen molar-refractivity contribution in [3.63, 3.8) is 0 Å². The molecule has 2 aliphatic heterocycles. The van der Waals surface area contributed by atoms with E-state index in [1.807, 2.05) is 44.4 Å². The van der Waals surface area contributed by atoms with Gasteiger partial charge in [0.25, 0.3) is 5.91 Å². The second-order valence-electron chi connectivity index (χ2n) is 11.3. The molecule has 2 saturated heterocycles. The van der Waals surface area contributed by atoms with Gasteiger partial charge in [0.05, 0.1) is 45.7 Å². The largest absolute Gasteiger partial charge is 0.367 e. The summed E-state index contributed by atoms with van der Waals surface area (Å²) in [4.78, 5) is 26.1. The topological polar surface area (TPSA) is 126 Å². The van der Waals surface area contributed by atoms with Gasteiger partial charge in [-0.3, -0.25) is 4.79 Å². The fourth-order valence-corrected chi connectivity index (χ4v) is 5.81. The molecule has 206 valence electrons. The quantitative estimate of drug-likeness (QED) is 0.376. The Morgan fingerprint density at radius 1 is 1.07 bits per heavy atom. The molecule has 6 rings (SSSR count). The highest BCUT2D eigenvalue weighted by molar-refractivity contribution is 6.33. The van der Waals surface area contributed by atoms with Gasteiger partial charge >= 0.3 is 0 Å². The number of hydrogen-bond donors (Lipinski definition) is 1. The normalized spacial score (nSPS) is 17.4. The first-order chi connectivity index (χ1) is 19.7. The number of carbonyl (C=O) groups is 1. The van der Waals surface area contributed by atoms with E-state index in [2.05, 4.69) is 37.3 Å². The molecule has 0 radical (unpaired) electrons. The number of aromatic nitrogens is 4. The molecule has 0 aliphatic carbocycles. The minimum atomic E-state index is -0.380. The van der Waals surface area contributed by atoms with E-state index < -0.39 is 0 Å². The fraction of sp³-hybridized carbons (Fsp3) is 0.333. The number of hydrogen-bond acceptors (Lipinski definition) is 8. The number of rotatable bonds is 5. The highest BCUT2D eigenvalue weighted by Gasteiger charge is 2.39. The van der Waals surface area contributed by atoms with Crippen LogP contribution in [0.1, 0.15) is 42.7 Å². The van der Waals surface area contributed by atoms with Gasteiger partial charge in [-0.2, -0.15) is 15.6 Å². The molecule has 4 aromatic heterocycles. The Bertz CT molecular complexity index is 1720. The van der Waals surface area contributed by atoms with Crippen molar-refractivity contribution in [2.75, 3.05) is 36.0 Å². The van der Waals surface area contributed by atoms with E-state index in [1.165, 1.54) is 0 Å². The summed E-state index contributed by atoms with van der Waals surface area (Å²) in [6.45, 7) is 6.74. The minimum absolute atomic E-state index is 0.235. The van der Waals surface area contributed by atoms with E-state index in [1.54, 1.807) is 29.0 Å². The molecule has 2 fully saturated rings. The smallest absolute Gasteiger partial charge is 0.271 e. The van der Waals surface area contributed by atoms with Crippen LogP contribution in [0.2, 0.25) is 5.02 Å². The van der Waals surface area contributed by atoms with Gasteiger partial charge in [0.2, 0.25) is 0 Å². The Kier molecular flexibility index (Phi) is 6.51. The molecule has 6 heterocycles. The van der Waals surface area contributed by atoms with Crippen LogP contribution in [0, 0.1) is 28.1 Å². The van der Waals surface area contributed by atoms with Crippen LogP contribution in [0.15, 0.2) is 55.1 Å². The van der Waals surface area contributed by atoms with Crippen molar-refractivity contribution < 1.29 is 4.79 Å². The lowest BCUT2D eigenvalue weighted by Crippen LogP contribution is -2.54. The highest BCUT2D eigenvalue weighted by atomic mass is 35.5. The molecule has 0 bridgehead atoms. The van der Waals surface area contributed by atoms with Gasteiger partial charge in [-0.05, 0) is 57.0 Å². The number of pyridine rings is 3. The van der Waals surface area contributed by atoms with Crippen LogP contribution >= 0.6 is 11.6 Å². The minimum Gasteiger partial charge on any atom is -0.367 e. The number of fused-ring (bicyclic) bond motifs is 1. The average molecular weight is 566 g/mol. The molecule has 0 spiro atoms. The van der Waals surface area contributed by atoms with Gasteiger partial charge < -0.3 is 15.1 Å². The lowest BCUT2D eigenvalue weighted by Gasteiger charge is -2.45. The number of amides is 1. The van der Waals surface area contributed by atoms with Gasteiger partial charge in [-0.15, -0.1) is 0 Å². The van der Waals surface area contributed by atoms with Crippen molar-refractivity contribution in [2.24, 2.45) is 5.41 Å². The van der Waals surface area contributed by atoms with E-state index in [0.717, 1.165) is 54.1 Å². The Morgan fingerprint density at radius 3 is 2.51 bits per heavy atom. The fourth-order valence-electron chi connectivity index (χ4n) is 5.60. The van der Waals surface area contributed by atoms with E-state index >= 15 is 0 Å². The predicted molar refractivity (Wildman–Crippen MR) is 156 cm³/mol. The summed E-state index contributed by atoms with van der Waals surface area (Å²) in [5.41, 5.74) is 3.40. The number of carbonyl (C=O) groups excluding carboxylic acids is 1. The zero-order valence-corrected chi connectivity index (χ0v) is 23.6. The Labute approximate surface area is 242 Å². The Morgan fingerprint density at radius 2 is 1.85 bits per heavy atom. The first kappa shape index (κ1) is 26.5. The molecule has 41 heavy (non-hydrogen) atoms. The maximum atomic E-state index is 12.8. The van der Waals surface area contributed by atoms with E-state index in [0.29, 0.717) is 23.7 Å². The summed E-state index contributed by atoms with van der Waals surface area (Å²) in [6, 6.07) is 14.1. The van der Waals surface area contributed by atoms with Crippen molar-refractivity contribution in [1.29, 1.82) is 10.5 Å². The van der Waals surface area contributed by atoms with Crippen LogP contribution in [0.25, 0.3) is 16.6 Å². The summed E-state index contributed by atoms with van der Waals surface area (Å²) < 4.78 is 1.73. The summed E-state index contributed by atoms with van der Waals surface area (Å²) in [5, 5.41) is 27.0. The SMILES string of the molecule is CC1(C#N)CN(c2cc(-c3ccc(N4CCC(C)(NC(=O)c5ncccc5Cl)CC4)nc3)c3c(C#N)cnn3c2)C1. The summed E-state index contributed by atoms with van der Waals surface area (Å²) in [6.07, 6.45) is 8.36. The monoisotopic (exact) mass is 565 g/mol. The van der Waals surface area contributed by atoms with Crippen LogP contribution in [0.3, 0.4) is 0 Å². The van der Waals surface area contributed by atoms with Crippen LogP contribution in [-0.4, -0.2) is 57.2 Å². The third kappa shape index (κ3) is 4.92. The molecular formula is C30H28ClN9O. The predicted octanol–water partition coefficient (Wildman–Crippen LogP) is 4.46. The molecule has 10 nitrogen and oxygen atoms in total. The van der Waals surface area contributed by atoms with Gasteiger partial charge in [0.1, 0.15) is 17.6 Å². The third-order valence-corrected chi connectivity index (χ3v) is 8.38. The number of nitrogens with zero attached hydrogens (tertiary/aromatic N) is 8. The second kappa shape index (κ2) is 10.1. The van der Waals surface area contributed by atoms with Crippen LogP contribution in [0.4, 0.5) is 11.5 Å². The van der Waals surface area contributed by atoms with Crippen molar-refractivity contribution in [1.82, 2.24) is 24.9 Å². The zero-order chi connectivity index (χ0) is 28.8. The molecule has 1 amide bonds. The van der Waals surface area contributed by atoms with Gasteiger partial charge in [0, 0.05) is 55.2 Å². The summed E-state index contributed by atoms with van der Waals surface area (Å²) in [7, 11) is 0. The first-order valence-electron chi connectivity index (χ1n) is 13.4. The Balaban J connectivity index is 1.19. The molecule has 0 unspecified atom stereocenters. The molecule has 1 N–H and O–H groups in total. The molecule has 0 aromatic carbocycles. The van der Waals surface area contributed by atoms with Crippen molar-refractivity contribution in [3.8, 4) is 23.3 Å². The van der Waals surface area contributed by atoms with E-state index in [-0.39, 0.29) is 22.6 Å². The molecule has 4 aromatic rings. The number of piperidine rings is 1. The van der Waals surface area contributed by atoms with Crippen molar-refractivity contribution in [2.45, 2.75) is 32.2 Å². The lowest BCUT2D eigenvalue weighted by molar-refractivity contribution is 0.0886. The van der Waals surface area contributed by atoms with Crippen molar-refractivity contribution >= 4 is 34.5 Å². The maximum Gasteiger partial charge on any atom is 0.271 e. The number of nitriles is 2. The highest BCUT2D eigenvalue weighted by Crippen LogP contribution is 2.37. The molecule has 2 aliphatic rings. The van der Waals surface area contributed by atoms with Gasteiger partial charge in [-0.1, -0.05) is 11.6 Å². The number of halogens is 1. The van der Waals surface area contributed by atoms with Crippen molar-refractivity contribution in [3.05, 3.63) is 71.4 Å². The molecule has 11 heteroatoms. The first-order valence-corrected chi connectivity index (χ1v) is 13.8. The molecular weight excluding hydrogens is 538 g/mol. The Hall–Kier alpha value is -4.67. The zero-order valence-electron chi connectivity index (χ0n) is 22.8. The molecule has 0 saturated carbocycles. The standard InChI is InChI=1S/C30H28ClN9O/c1-29(17-33)18-39(19-29)22-12-23(27-21(13-32)15-36-40(27)16-22)20-5-6-25(35-14-20)38-10-7-30(2,8-11-38)37-28(41)26-24(31)4-3-9-34-26/h3-6,9,12,14-16H,7-8,10-11,18-19H2,1-2H3,(H,37,41). The van der Waals surface area contributed by atoms with E-state index in [9.17, 15) is 15.3 Å². The van der Waals surface area contributed by atoms with Crippen LogP contribution in [0.5, 0.6) is 0 Å². The summed E-state index contributed by atoms with van der Waals surface area (Å²) in [5.74, 6) is 0.582. The van der Waals surface area contributed by atoms with Crippen LogP contribution in [-0.2, 0) is 0 Å². The summed E-state index contributed by atoms with van der Waals surface area (Å²) >= 11 is 6.16. The average Bonchev–Trinajstić information content (AvgIpc) is 3.39. The molecule has 0 atom stereocenters. The van der Waals surface area contributed by atoms with Crippen LogP contribution < -0.4 is 15.1 Å². The van der Waals surface area contributed by atoms with E-state index in [4.69, 9.17) is 16.6 Å². The van der Waals surface area contributed by atoms with Gasteiger partial charge in [-0.25, -0.2) is 14.5 Å². The number of nitrogens with one attached hydrogen (secondary N) is 1.